The summed E-state index contributed by atoms with van der Waals surface area (Å²) in [5.41, 5.74) is 1.58. The molecule has 1 atom stereocenters. The van der Waals surface area contributed by atoms with E-state index >= 15 is 0 Å². The number of aromatic nitrogens is 3. The third kappa shape index (κ3) is 3.13. The maximum absolute atomic E-state index is 12.7. The van der Waals surface area contributed by atoms with Crippen molar-refractivity contribution in [2.45, 2.75) is 37.7 Å². The fourth-order valence-electron chi connectivity index (χ4n) is 3.60. The van der Waals surface area contributed by atoms with E-state index in [0.29, 0.717) is 18.1 Å². The van der Waals surface area contributed by atoms with Gasteiger partial charge in [0.05, 0.1) is 10.4 Å². The van der Waals surface area contributed by atoms with Gasteiger partial charge in [-0.3, -0.25) is 9.48 Å². The second-order valence-electron chi connectivity index (χ2n) is 6.75. The Morgan fingerprint density at radius 1 is 1.44 bits per heavy atom. The van der Waals surface area contributed by atoms with Gasteiger partial charge in [-0.1, -0.05) is 6.07 Å². The van der Waals surface area contributed by atoms with Crippen molar-refractivity contribution in [3.63, 3.8) is 0 Å². The molecule has 25 heavy (non-hydrogen) atoms. The number of carbonyl (C=O) groups is 1. The molecule has 2 aromatic heterocycles. The number of ether oxygens (including phenoxy) is 1. The Hall–Kier alpha value is -2.02. The van der Waals surface area contributed by atoms with E-state index in [1.807, 2.05) is 54.8 Å². The zero-order chi connectivity index (χ0) is 17.4. The smallest absolute Gasteiger partial charge is 0.272 e. The van der Waals surface area contributed by atoms with Crippen LogP contribution in [-0.4, -0.2) is 55.3 Å². The quantitative estimate of drug-likeness (QED) is 0.840. The molecule has 2 aliphatic heterocycles. The first-order valence-electron chi connectivity index (χ1n) is 8.64. The van der Waals surface area contributed by atoms with Gasteiger partial charge < -0.3 is 9.64 Å². The van der Waals surface area contributed by atoms with E-state index in [9.17, 15) is 4.79 Å². The Kier molecular flexibility index (Phi) is 4.19. The van der Waals surface area contributed by atoms with Crippen LogP contribution < -0.4 is 4.74 Å². The highest BCUT2D eigenvalue weighted by molar-refractivity contribution is 8.01. The van der Waals surface area contributed by atoms with E-state index in [1.54, 1.807) is 10.9 Å². The molecule has 2 fully saturated rings. The molecule has 0 aromatic carbocycles. The molecule has 0 bridgehead atoms. The lowest BCUT2D eigenvalue weighted by Crippen LogP contribution is -2.61. The van der Waals surface area contributed by atoms with Crippen LogP contribution in [0.5, 0.6) is 5.88 Å². The van der Waals surface area contributed by atoms with Gasteiger partial charge in [-0.05, 0) is 26.0 Å². The highest BCUT2D eigenvalue weighted by Crippen LogP contribution is 2.46. The minimum absolute atomic E-state index is 0.0859. The summed E-state index contributed by atoms with van der Waals surface area (Å²) in [5.74, 6) is 1.72. The van der Waals surface area contributed by atoms with Crippen molar-refractivity contribution >= 4 is 17.7 Å². The van der Waals surface area contributed by atoms with E-state index in [0.717, 1.165) is 31.0 Å². The van der Waals surface area contributed by atoms with Gasteiger partial charge in [-0.25, -0.2) is 4.98 Å². The molecule has 4 rings (SSSR count). The van der Waals surface area contributed by atoms with Gasteiger partial charge in [0.1, 0.15) is 11.8 Å². The number of hydrogen-bond acceptors (Lipinski definition) is 5. The van der Waals surface area contributed by atoms with Crippen molar-refractivity contribution in [3.05, 3.63) is 41.9 Å². The summed E-state index contributed by atoms with van der Waals surface area (Å²) in [6.07, 6.45) is 2.88. The number of amides is 1. The molecule has 2 aromatic rings. The maximum atomic E-state index is 12.7. The van der Waals surface area contributed by atoms with Crippen molar-refractivity contribution < 1.29 is 9.53 Å². The van der Waals surface area contributed by atoms with Crippen LogP contribution in [0.1, 0.15) is 29.5 Å². The molecule has 2 aliphatic rings. The first-order valence-corrected chi connectivity index (χ1v) is 9.62. The average molecular weight is 358 g/mol. The van der Waals surface area contributed by atoms with E-state index in [-0.39, 0.29) is 16.8 Å². The van der Waals surface area contributed by atoms with Crippen molar-refractivity contribution in [2.75, 3.05) is 18.8 Å². The molecule has 0 N–H and O–H groups in total. The Morgan fingerprint density at radius 2 is 2.28 bits per heavy atom. The van der Waals surface area contributed by atoms with Crippen LogP contribution >= 0.6 is 11.8 Å². The lowest BCUT2D eigenvalue weighted by Gasteiger charge is -2.47. The normalized spacial score (nSPS) is 21.4. The molecule has 0 unspecified atom stereocenters. The zero-order valence-corrected chi connectivity index (χ0v) is 15.3. The van der Waals surface area contributed by atoms with E-state index in [2.05, 4.69) is 10.1 Å². The number of hydrogen-bond donors (Lipinski definition) is 0. The largest absolute Gasteiger partial charge is 0.473 e. The van der Waals surface area contributed by atoms with Crippen LogP contribution in [0.15, 0.2) is 30.5 Å². The summed E-state index contributed by atoms with van der Waals surface area (Å²) < 4.78 is 7.91. The first-order chi connectivity index (χ1) is 12.1. The SMILES string of the molecule is CCn1nc(C)cc1C(=O)N1CC2(C[C@@H](Oc3ccccn3)CS2)C1. The van der Waals surface area contributed by atoms with E-state index < -0.39 is 0 Å². The summed E-state index contributed by atoms with van der Waals surface area (Å²) >= 11 is 1.92. The minimum Gasteiger partial charge on any atom is -0.473 e. The van der Waals surface area contributed by atoms with Crippen LogP contribution in [0, 0.1) is 6.92 Å². The average Bonchev–Trinajstić information content (AvgIpc) is 3.17. The molecular weight excluding hydrogens is 336 g/mol. The Labute approximate surface area is 151 Å². The van der Waals surface area contributed by atoms with Gasteiger partial charge in [0.15, 0.2) is 0 Å². The lowest BCUT2D eigenvalue weighted by atomic mass is 9.92. The molecule has 4 heterocycles. The molecule has 0 radical (unpaired) electrons. The monoisotopic (exact) mass is 358 g/mol. The molecule has 7 heteroatoms. The highest BCUT2D eigenvalue weighted by Gasteiger charge is 2.51. The van der Waals surface area contributed by atoms with Crippen molar-refractivity contribution in [1.82, 2.24) is 19.7 Å². The van der Waals surface area contributed by atoms with Crippen LogP contribution in [0.3, 0.4) is 0 Å². The minimum atomic E-state index is 0.0859. The summed E-state index contributed by atoms with van der Waals surface area (Å²) in [6, 6.07) is 7.59. The Morgan fingerprint density at radius 3 is 3.00 bits per heavy atom. The predicted molar refractivity (Wildman–Crippen MR) is 97.0 cm³/mol. The summed E-state index contributed by atoms with van der Waals surface area (Å²) in [6.45, 7) is 6.21. The van der Waals surface area contributed by atoms with Crippen LogP contribution in [0.25, 0.3) is 0 Å². The van der Waals surface area contributed by atoms with Gasteiger partial charge in [-0.2, -0.15) is 5.10 Å². The maximum Gasteiger partial charge on any atom is 0.272 e. The molecule has 6 nitrogen and oxygen atoms in total. The molecule has 132 valence electrons. The summed E-state index contributed by atoms with van der Waals surface area (Å²) in [7, 11) is 0. The molecule has 1 amide bonds. The first kappa shape index (κ1) is 16.4. The lowest BCUT2D eigenvalue weighted by molar-refractivity contribution is 0.0504. The number of carbonyl (C=O) groups excluding carboxylic acids is 1. The summed E-state index contributed by atoms with van der Waals surface area (Å²) in [4.78, 5) is 18.9. The highest BCUT2D eigenvalue weighted by atomic mass is 32.2. The molecule has 1 spiro atoms. The van der Waals surface area contributed by atoms with Gasteiger partial charge in [-0.15, -0.1) is 11.8 Å². The van der Waals surface area contributed by atoms with Crippen LogP contribution in [0.4, 0.5) is 0 Å². The fraction of sp³-hybridized carbons (Fsp3) is 0.500. The summed E-state index contributed by atoms with van der Waals surface area (Å²) in [5, 5.41) is 4.38. The van der Waals surface area contributed by atoms with Gasteiger partial charge in [0.25, 0.3) is 5.91 Å². The third-order valence-electron chi connectivity index (χ3n) is 4.77. The van der Waals surface area contributed by atoms with Crippen molar-refractivity contribution in [2.24, 2.45) is 0 Å². The number of rotatable bonds is 4. The molecule has 2 saturated heterocycles. The number of aryl methyl sites for hydroxylation is 2. The van der Waals surface area contributed by atoms with Crippen LogP contribution in [0.2, 0.25) is 0 Å². The van der Waals surface area contributed by atoms with Crippen molar-refractivity contribution in [1.29, 1.82) is 0 Å². The standard InChI is InChI=1S/C18H22N4O2S/c1-3-22-15(8-13(2)20-22)17(23)21-11-18(12-21)9-14(10-25-18)24-16-6-4-5-7-19-16/h4-8,14H,3,9-12H2,1-2H3/t14-/m1/s1. The second kappa shape index (κ2) is 6.37. The number of likely N-dealkylation sites (tertiary alicyclic amines) is 1. The fourth-order valence-corrected chi connectivity index (χ4v) is 5.12. The zero-order valence-electron chi connectivity index (χ0n) is 14.5. The second-order valence-corrected chi connectivity index (χ2v) is 8.24. The van der Waals surface area contributed by atoms with Gasteiger partial charge in [0, 0.05) is 44.1 Å². The number of thioether (sulfide) groups is 1. The Balaban J connectivity index is 1.36. The van der Waals surface area contributed by atoms with E-state index in [4.69, 9.17) is 4.74 Å². The number of pyridine rings is 1. The molecule has 0 saturated carbocycles. The van der Waals surface area contributed by atoms with E-state index in [1.165, 1.54) is 0 Å². The molecular formula is C18H22N4O2S. The third-order valence-corrected chi connectivity index (χ3v) is 6.34. The van der Waals surface area contributed by atoms with Gasteiger partial charge in [0.2, 0.25) is 5.88 Å². The number of nitrogens with zero attached hydrogens (tertiary/aromatic N) is 4. The predicted octanol–water partition coefficient (Wildman–Crippen LogP) is 2.39. The topological polar surface area (TPSA) is 60.2 Å². The van der Waals surface area contributed by atoms with Crippen LogP contribution in [-0.2, 0) is 6.54 Å². The van der Waals surface area contributed by atoms with Gasteiger partial charge >= 0.3 is 0 Å². The van der Waals surface area contributed by atoms with Crippen molar-refractivity contribution in [3.8, 4) is 5.88 Å². The Bertz CT molecular complexity index is 771. The molecule has 0 aliphatic carbocycles.